The number of halogens is 3. The van der Waals surface area contributed by atoms with Gasteiger partial charge in [-0.05, 0) is 19.4 Å². The van der Waals surface area contributed by atoms with Crippen molar-refractivity contribution in [1.29, 1.82) is 0 Å². The largest absolute Gasteiger partial charge is 0.416 e. The molecule has 0 saturated carbocycles. The standard InChI is InChI=1S/C10H12F3NO/c1-3-9(2,15)8-6-14-5-4-7(8)10(11,12)13/h4-6,15H,3H2,1-2H3. The highest BCUT2D eigenvalue weighted by Crippen LogP contribution is 2.37. The first-order valence-electron chi connectivity index (χ1n) is 4.53. The fraction of sp³-hybridized carbons (Fsp3) is 0.500. The van der Waals surface area contributed by atoms with Crippen LogP contribution in [0.1, 0.15) is 31.4 Å². The summed E-state index contributed by atoms with van der Waals surface area (Å²) in [6, 6.07) is 0.874. The lowest BCUT2D eigenvalue weighted by atomic mass is 9.91. The van der Waals surface area contributed by atoms with Gasteiger partial charge in [0.15, 0.2) is 0 Å². The van der Waals surface area contributed by atoms with E-state index in [1.54, 1.807) is 6.92 Å². The van der Waals surface area contributed by atoms with Crippen molar-refractivity contribution < 1.29 is 18.3 Å². The van der Waals surface area contributed by atoms with Gasteiger partial charge in [0, 0.05) is 18.0 Å². The molecule has 5 heteroatoms. The Labute approximate surface area is 85.8 Å². The van der Waals surface area contributed by atoms with Crippen LogP contribution in [0.2, 0.25) is 0 Å². The predicted octanol–water partition coefficient (Wildman–Crippen LogP) is 2.72. The molecule has 2 nitrogen and oxygen atoms in total. The van der Waals surface area contributed by atoms with Crippen molar-refractivity contribution in [3.05, 3.63) is 29.6 Å². The van der Waals surface area contributed by atoms with Crippen LogP contribution in [0.3, 0.4) is 0 Å². The molecule has 0 aliphatic carbocycles. The Hall–Kier alpha value is -1.10. The van der Waals surface area contributed by atoms with Crippen molar-refractivity contribution in [1.82, 2.24) is 4.98 Å². The minimum absolute atomic E-state index is 0.181. The summed E-state index contributed by atoms with van der Waals surface area (Å²) in [7, 11) is 0. The lowest BCUT2D eigenvalue weighted by Crippen LogP contribution is -2.25. The van der Waals surface area contributed by atoms with Gasteiger partial charge < -0.3 is 5.11 Å². The molecule has 1 N–H and O–H groups in total. The van der Waals surface area contributed by atoms with Gasteiger partial charge in [0.25, 0.3) is 0 Å². The monoisotopic (exact) mass is 219 g/mol. The molecule has 84 valence electrons. The van der Waals surface area contributed by atoms with Gasteiger partial charge in [0.05, 0.1) is 11.2 Å². The van der Waals surface area contributed by atoms with Crippen LogP contribution in [0.5, 0.6) is 0 Å². The Balaban J connectivity index is 3.31. The number of alkyl halides is 3. The van der Waals surface area contributed by atoms with E-state index in [2.05, 4.69) is 4.98 Å². The Morgan fingerprint density at radius 1 is 1.33 bits per heavy atom. The summed E-state index contributed by atoms with van der Waals surface area (Å²) in [4.78, 5) is 3.61. The number of hydrogen-bond acceptors (Lipinski definition) is 2. The molecule has 1 aromatic rings. The van der Waals surface area contributed by atoms with Gasteiger partial charge >= 0.3 is 6.18 Å². The van der Waals surface area contributed by atoms with E-state index >= 15 is 0 Å². The Morgan fingerprint density at radius 2 is 1.93 bits per heavy atom. The molecule has 0 spiro atoms. The number of hydrogen-bond donors (Lipinski definition) is 1. The number of rotatable bonds is 2. The van der Waals surface area contributed by atoms with Gasteiger partial charge in [-0.1, -0.05) is 6.92 Å². The lowest BCUT2D eigenvalue weighted by molar-refractivity contribution is -0.140. The van der Waals surface area contributed by atoms with Crippen molar-refractivity contribution in [2.24, 2.45) is 0 Å². The van der Waals surface area contributed by atoms with Crippen molar-refractivity contribution in [2.45, 2.75) is 32.0 Å². The molecule has 0 saturated heterocycles. The zero-order valence-corrected chi connectivity index (χ0v) is 8.47. The van der Waals surface area contributed by atoms with E-state index in [0.29, 0.717) is 0 Å². The number of nitrogens with zero attached hydrogens (tertiary/aromatic N) is 1. The van der Waals surface area contributed by atoms with Crippen LogP contribution in [0.15, 0.2) is 18.5 Å². The third kappa shape index (κ3) is 2.47. The number of aliphatic hydroxyl groups is 1. The summed E-state index contributed by atoms with van der Waals surface area (Å²) in [6.45, 7) is 2.96. The molecule has 1 atom stereocenters. The van der Waals surface area contributed by atoms with Crippen molar-refractivity contribution in [2.75, 3.05) is 0 Å². The molecule has 1 unspecified atom stereocenters. The SMILES string of the molecule is CCC(C)(O)c1cnccc1C(F)(F)F. The second kappa shape index (κ2) is 3.81. The van der Waals surface area contributed by atoms with Crippen molar-refractivity contribution in [3.8, 4) is 0 Å². The lowest BCUT2D eigenvalue weighted by Gasteiger charge is -2.25. The summed E-state index contributed by atoms with van der Waals surface area (Å²) < 4.78 is 37.7. The van der Waals surface area contributed by atoms with Gasteiger partial charge in [-0.15, -0.1) is 0 Å². The second-order valence-electron chi connectivity index (χ2n) is 3.55. The van der Waals surface area contributed by atoms with E-state index in [1.807, 2.05) is 0 Å². The number of aromatic nitrogens is 1. The molecule has 1 heterocycles. The molecule has 0 aliphatic heterocycles. The highest BCUT2D eigenvalue weighted by molar-refractivity contribution is 5.31. The predicted molar refractivity (Wildman–Crippen MR) is 49.1 cm³/mol. The maximum atomic E-state index is 12.6. The van der Waals surface area contributed by atoms with Crippen LogP contribution in [0.25, 0.3) is 0 Å². The second-order valence-corrected chi connectivity index (χ2v) is 3.55. The highest BCUT2D eigenvalue weighted by atomic mass is 19.4. The fourth-order valence-corrected chi connectivity index (χ4v) is 1.26. The maximum Gasteiger partial charge on any atom is 0.416 e. The van der Waals surface area contributed by atoms with Gasteiger partial charge in [-0.25, -0.2) is 0 Å². The van der Waals surface area contributed by atoms with Crippen LogP contribution in [0.4, 0.5) is 13.2 Å². The van der Waals surface area contributed by atoms with Gasteiger partial charge in [0.2, 0.25) is 0 Å². The number of pyridine rings is 1. The van der Waals surface area contributed by atoms with Gasteiger partial charge in [-0.3, -0.25) is 4.98 Å². The van der Waals surface area contributed by atoms with E-state index in [-0.39, 0.29) is 12.0 Å². The molecule has 0 fully saturated rings. The molecule has 15 heavy (non-hydrogen) atoms. The maximum absolute atomic E-state index is 12.6. The Morgan fingerprint density at radius 3 is 2.40 bits per heavy atom. The first kappa shape index (κ1) is 12.0. The first-order chi connectivity index (χ1) is 6.79. The topological polar surface area (TPSA) is 33.1 Å². The smallest absolute Gasteiger partial charge is 0.385 e. The average molecular weight is 219 g/mol. The van der Waals surface area contributed by atoms with E-state index in [9.17, 15) is 18.3 Å². The molecular formula is C10H12F3NO. The Bertz CT molecular complexity index is 347. The first-order valence-corrected chi connectivity index (χ1v) is 4.53. The zero-order valence-electron chi connectivity index (χ0n) is 8.47. The molecule has 0 bridgehead atoms. The average Bonchev–Trinajstić information content (AvgIpc) is 2.16. The van der Waals surface area contributed by atoms with Crippen LogP contribution < -0.4 is 0 Å². The summed E-state index contributed by atoms with van der Waals surface area (Å²) in [5.74, 6) is 0. The third-order valence-electron chi connectivity index (χ3n) is 2.40. The van der Waals surface area contributed by atoms with Crippen LogP contribution in [-0.4, -0.2) is 10.1 Å². The molecule has 1 aromatic heterocycles. The molecule has 0 amide bonds. The molecule has 1 rings (SSSR count). The quantitative estimate of drug-likeness (QED) is 0.829. The minimum Gasteiger partial charge on any atom is -0.385 e. The van der Waals surface area contributed by atoms with E-state index in [0.717, 1.165) is 18.5 Å². The summed E-state index contributed by atoms with van der Waals surface area (Å²) >= 11 is 0. The molecular weight excluding hydrogens is 207 g/mol. The summed E-state index contributed by atoms with van der Waals surface area (Å²) in [5, 5.41) is 9.80. The highest BCUT2D eigenvalue weighted by Gasteiger charge is 2.38. The fourth-order valence-electron chi connectivity index (χ4n) is 1.26. The van der Waals surface area contributed by atoms with Crippen LogP contribution in [-0.2, 0) is 11.8 Å². The molecule has 0 radical (unpaired) electrons. The van der Waals surface area contributed by atoms with Crippen LogP contribution in [0, 0.1) is 0 Å². The zero-order chi connectivity index (χ0) is 11.7. The van der Waals surface area contributed by atoms with Crippen molar-refractivity contribution >= 4 is 0 Å². The normalized spacial score (nSPS) is 16.1. The summed E-state index contributed by atoms with van der Waals surface area (Å²) in [5.41, 5.74) is -2.51. The van der Waals surface area contributed by atoms with Gasteiger partial charge in [0.1, 0.15) is 0 Å². The molecule has 0 aliphatic rings. The summed E-state index contributed by atoms with van der Waals surface area (Å²) in [6.07, 6.45) is -2.14. The van der Waals surface area contributed by atoms with Crippen LogP contribution >= 0.6 is 0 Å². The van der Waals surface area contributed by atoms with E-state index in [4.69, 9.17) is 0 Å². The van der Waals surface area contributed by atoms with Crippen molar-refractivity contribution in [3.63, 3.8) is 0 Å². The third-order valence-corrected chi connectivity index (χ3v) is 2.40. The Kier molecular flexibility index (Phi) is 3.04. The van der Waals surface area contributed by atoms with E-state index in [1.165, 1.54) is 6.92 Å². The minimum atomic E-state index is -4.46. The van der Waals surface area contributed by atoms with E-state index < -0.39 is 17.3 Å². The molecule has 0 aromatic carbocycles. The van der Waals surface area contributed by atoms with Gasteiger partial charge in [-0.2, -0.15) is 13.2 Å².